The summed E-state index contributed by atoms with van der Waals surface area (Å²) in [6.45, 7) is 8.47. The molecule has 0 unspecified atom stereocenters. The average molecular weight is 948 g/mol. The Morgan fingerprint density at radius 2 is 1.23 bits per heavy atom. The minimum absolute atomic E-state index is 0.0173. The molecular weight excluding hydrogens is 898 g/mol. The van der Waals surface area contributed by atoms with E-state index in [2.05, 4.69) is 25.9 Å². The van der Waals surface area contributed by atoms with Crippen LogP contribution < -0.4 is 37.1 Å². The Balaban J connectivity index is 1.27. The van der Waals surface area contributed by atoms with Crippen LogP contribution in [0.15, 0.2) is 73.1 Å². The quantitative estimate of drug-likeness (QED) is 0.0286. The van der Waals surface area contributed by atoms with Gasteiger partial charge < -0.3 is 35.2 Å². The van der Waals surface area contributed by atoms with Crippen LogP contribution in [-0.2, 0) is 37.5 Å². The number of imidazole rings is 2. The first-order chi connectivity index (χ1) is 33.2. The molecule has 23 nitrogen and oxygen atoms in total. The van der Waals surface area contributed by atoms with E-state index >= 15 is 0 Å². The zero-order valence-corrected chi connectivity index (χ0v) is 38.1. The van der Waals surface area contributed by atoms with Crippen LogP contribution in [0.1, 0.15) is 79.8 Å². The second-order valence-corrected chi connectivity index (χ2v) is 15.5. The molecule has 24 heteroatoms. The number of nitrogens with one attached hydrogen (secondary N) is 3. The monoisotopic (exact) mass is 947 g/mol. The van der Waals surface area contributed by atoms with E-state index in [4.69, 9.17) is 30.9 Å². The number of aryl methyl sites for hydroxylation is 4. The number of allylic oxidation sites excluding steroid dienone is 3. The number of carboxylic acid groups (broad SMARTS) is 1. The van der Waals surface area contributed by atoms with Gasteiger partial charge >= 0.3 is 5.97 Å². The third-order valence-corrected chi connectivity index (χ3v) is 10.6. The van der Waals surface area contributed by atoms with Crippen molar-refractivity contribution < 1.29 is 43.0 Å². The summed E-state index contributed by atoms with van der Waals surface area (Å²) in [6.07, 6.45) is 9.81. The molecule has 4 amide bonds. The topological polar surface area (TPSA) is 301 Å². The summed E-state index contributed by atoms with van der Waals surface area (Å²) in [7, 11) is 0. The van der Waals surface area contributed by atoms with Crippen LogP contribution in [0.2, 0.25) is 0 Å². The maximum atomic E-state index is 13.9. The first-order valence-corrected chi connectivity index (χ1v) is 21.7. The van der Waals surface area contributed by atoms with Gasteiger partial charge in [-0.25, -0.2) is 15.5 Å². The smallest absolute Gasteiger partial charge is 0.303 e. The number of hydrogen-bond acceptors (Lipinski definition) is 13. The molecule has 0 spiro atoms. The lowest BCUT2D eigenvalue weighted by Crippen LogP contribution is -2.20. The van der Waals surface area contributed by atoms with Crippen LogP contribution >= 0.6 is 0 Å². The van der Waals surface area contributed by atoms with Gasteiger partial charge in [-0.1, -0.05) is 18.2 Å². The highest BCUT2D eigenvalue weighted by atomic mass is 19.2. The summed E-state index contributed by atoms with van der Waals surface area (Å²) in [5, 5.41) is 27.9. The lowest BCUT2D eigenvalue weighted by molar-refractivity contribution is -0.137. The number of fused-ring (bicyclic) bond motifs is 2. The Morgan fingerprint density at radius 1 is 0.725 bits per heavy atom. The fourth-order valence-electron chi connectivity index (χ4n) is 7.45. The van der Waals surface area contributed by atoms with Gasteiger partial charge in [-0.3, -0.25) is 48.7 Å². The number of ether oxygens (including phenoxy) is 2. The van der Waals surface area contributed by atoms with Crippen molar-refractivity contribution in [3.05, 3.63) is 107 Å². The largest absolute Gasteiger partial charge is 0.491 e. The van der Waals surface area contributed by atoms with Gasteiger partial charge in [0.05, 0.1) is 48.0 Å². The maximum absolute atomic E-state index is 13.9. The molecule has 360 valence electrons. The SMILES string of the molecule is CCn1nc(C)cc1C(=O)Nc1nc2cc(C(N)=O)cc(OC/C=C/Cn3cc(NF)cn3)c2n1C/C=C/Cn1c(NC(=O)c2cc(C)nn2CC)nc2cc(C(N)=O)cc(OCCCC(=O)O)c21. The van der Waals surface area contributed by atoms with Crippen molar-refractivity contribution in [1.29, 1.82) is 0 Å². The highest BCUT2D eigenvalue weighted by Crippen LogP contribution is 2.33. The molecule has 0 aliphatic rings. The van der Waals surface area contributed by atoms with Gasteiger partial charge in [0.1, 0.15) is 46.2 Å². The number of benzene rings is 2. The van der Waals surface area contributed by atoms with Gasteiger partial charge in [0.25, 0.3) is 11.8 Å². The number of carbonyl (C=O) groups is 5. The van der Waals surface area contributed by atoms with Gasteiger partial charge in [-0.05, 0) is 76.6 Å². The van der Waals surface area contributed by atoms with E-state index in [0.717, 1.165) is 0 Å². The molecule has 7 rings (SSSR count). The van der Waals surface area contributed by atoms with Crippen LogP contribution in [-0.4, -0.2) is 96.4 Å². The number of halogens is 1. The normalized spacial score (nSPS) is 11.6. The molecule has 8 N–H and O–H groups in total. The zero-order valence-electron chi connectivity index (χ0n) is 38.1. The van der Waals surface area contributed by atoms with Gasteiger partial charge in [-0.2, -0.15) is 15.3 Å². The number of amides is 4. The molecule has 0 saturated heterocycles. The number of anilines is 3. The minimum Gasteiger partial charge on any atom is -0.491 e. The van der Waals surface area contributed by atoms with Crippen molar-refractivity contribution in [3.8, 4) is 11.5 Å². The fourth-order valence-corrected chi connectivity index (χ4v) is 7.45. The highest BCUT2D eigenvalue weighted by molar-refractivity contribution is 6.05. The summed E-state index contributed by atoms with van der Waals surface area (Å²) < 4.78 is 33.1. The standard InChI is InChI=1S/C45H50FN15O8/c1-5-60-33(18-26(3)55-60)42(66)52-44-50-31-20-28(40(47)64)22-35(68-16-10-9-13-57-25-30(54-46)24-49-57)38(31)58(44)14-7-8-15-59-39-32(21-29(41(48)65)23-36(39)69-17-11-12-37(62)63)51-45(59)53-43(67)34-19-27(4)56-61(34)6-2/h7-10,18-25,54H,5-6,11-17H2,1-4H3,(H2,47,64)(H2,48,65)(H,62,63)(H,50,52,66)(H,51,53,67)/b8-7+,10-9+. The molecule has 0 aliphatic carbocycles. The zero-order chi connectivity index (χ0) is 49.4. The Morgan fingerprint density at radius 3 is 1.70 bits per heavy atom. The van der Waals surface area contributed by atoms with E-state index in [9.17, 15) is 33.6 Å². The van der Waals surface area contributed by atoms with Crippen molar-refractivity contribution in [3.63, 3.8) is 0 Å². The van der Waals surface area contributed by atoms with Crippen LogP contribution in [0.5, 0.6) is 11.5 Å². The molecule has 0 fully saturated rings. The van der Waals surface area contributed by atoms with E-state index in [1.807, 2.05) is 13.8 Å². The number of rotatable bonds is 23. The third kappa shape index (κ3) is 11.1. The molecule has 69 heavy (non-hydrogen) atoms. The summed E-state index contributed by atoms with van der Waals surface area (Å²) in [4.78, 5) is 73.5. The van der Waals surface area contributed by atoms with Gasteiger partial charge in [-0.15, -0.1) is 4.48 Å². The summed E-state index contributed by atoms with van der Waals surface area (Å²) >= 11 is 0. The molecule has 0 atom stereocenters. The number of nitrogens with zero attached hydrogens (tertiary/aromatic N) is 10. The van der Waals surface area contributed by atoms with Crippen LogP contribution in [0, 0.1) is 13.8 Å². The van der Waals surface area contributed by atoms with Gasteiger partial charge in [0, 0.05) is 43.7 Å². The Hall–Kier alpha value is -8.83. The van der Waals surface area contributed by atoms with E-state index < -0.39 is 29.6 Å². The number of aliphatic carboxylic acids is 1. The van der Waals surface area contributed by atoms with Gasteiger partial charge in [0.2, 0.25) is 23.7 Å². The minimum atomic E-state index is -1.01. The predicted molar refractivity (Wildman–Crippen MR) is 251 cm³/mol. The van der Waals surface area contributed by atoms with E-state index in [1.54, 1.807) is 68.8 Å². The molecule has 5 aromatic heterocycles. The van der Waals surface area contributed by atoms with Crippen molar-refractivity contribution >= 4 is 69.2 Å². The summed E-state index contributed by atoms with van der Waals surface area (Å²) in [5.74, 6) is -2.96. The second-order valence-electron chi connectivity index (χ2n) is 15.5. The highest BCUT2D eigenvalue weighted by Gasteiger charge is 2.24. The van der Waals surface area contributed by atoms with Gasteiger partial charge in [0.15, 0.2) is 0 Å². The van der Waals surface area contributed by atoms with Crippen LogP contribution in [0.25, 0.3) is 22.1 Å². The summed E-state index contributed by atoms with van der Waals surface area (Å²) in [6, 6.07) is 9.15. The molecule has 2 aromatic carbocycles. The number of hydrogen-bond donors (Lipinski definition) is 6. The molecule has 7 aromatic rings. The third-order valence-electron chi connectivity index (χ3n) is 10.6. The Bertz CT molecular complexity index is 3140. The first kappa shape index (κ1) is 48.1. The van der Waals surface area contributed by atoms with Crippen molar-refractivity contribution in [1.82, 2.24) is 48.4 Å². The number of carboxylic acids is 1. The molecular formula is C45H50FN15O8. The molecule has 5 heterocycles. The Labute approximate surface area is 392 Å². The van der Waals surface area contributed by atoms with Crippen molar-refractivity contribution in [2.24, 2.45) is 11.5 Å². The fraction of sp³-hybridized carbons (Fsp3) is 0.289. The average Bonchev–Trinajstić information content (AvgIpc) is 4.16. The van der Waals surface area contributed by atoms with E-state index in [-0.39, 0.29) is 102 Å². The predicted octanol–water partition coefficient (Wildman–Crippen LogP) is 4.77. The van der Waals surface area contributed by atoms with Crippen LogP contribution in [0.4, 0.5) is 22.1 Å². The lowest BCUT2D eigenvalue weighted by atomic mass is 10.1. The van der Waals surface area contributed by atoms with Crippen molar-refractivity contribution in [2.75, 3.05) is 29.4 Å². The lowest BCUT2D eigenvalue weighted by Gasteiger charge is -2.13. The number of nitrogens with two attached hydrogens (primary N) is 2. The first-order valence-electron chi connectivity index (χ1n) is 21.7. The molecule has 0 aliphatic heterocycles. The maximum Gasteiger partial charge on any atom is 0.303 e. The van der Waals surface area contributed by atoms with Crippen molar-refractivity contribution in [2.45, 2.75) is 73.3 Å². The molecule has 0 saturated carbocycles. The molecule has 0 radical (unpaired) electrons. The summed E-state index contributed by atoms with van der Waals surface area (Å²) in [5.41, 5.74) is 16.5. The number of aromatic nitrogens is 10. The molecule has 0 bridgehead atoms. The van der Waals surface area contributed by atoms with E-state index in [0.29, 0.717) is 42.1 Å². The van der Waals surface area contributed by atoms with E-state index in [1.165, 1.54) is 46.9 Å². The van der Waals surface area contributed by atoms with Crippen LogP contribution in [0.3, 0.4) is 0 Å². The second kappa shape index (κ2) is 21.2. The Kier molecular flexibility index (Phi) is 14.8. The number of carbonyl (C=O) groups excluding carboxylic acids is 4. The number of primary amides is 2.